The molecule has 2 aromatic carbocycles. The van der Waals surface area contributed by atoms with Crippen LogP contribution in [0.1, 0.15) is 44.5 Å². The molecule has 10 aliphatic heterocycles. The van der Waals surface area contributed by atoms with Crippen LogP contribution >= 0.6 is 0 Å². The first kappa shape index (κ1) is 27.0. The highest BCUT2D eigenvalue weighted by Gasteiger charge is 2.08. The minimum absolute atomic E-state index is 0.817. The number of hydrogen-bond donors (Lipinski definition) is 0. The molecule has 208 valence electrons. The van der Waals surface area contributed by atoms with Gasteiger partial charge in [-0.3, -0.25) is 0 Å². The Kier molecular flexibility index (Phi) is 7.72. The Hall–Kier alpha value is -5.84. The van der Waals surface area contributed by atoms with E-state index in [4.69, 9.17) is 0 Å². The molecule has 0 saturated carbocycles. The van der Waals surface area contributed by atoms with Crippen LogP contribution in [0, 0.1) is 23.7 Å². The molecule has 6 aromatic rings. The maximum Gasteiger partial charge on any atom is 0.173 e. The smallest absolute Gasteiger partial charge is 0.173 e. The van der Waals surface area contributed by atoms with Gasteiger partial charge in [0.25, 0.3) is 0 Å². The van der Waals surface area contributed by atoms with Gasteiger partial charge in [-0.1, -0.05) is 72.2 Å². The lowest BCUT2D eigenvalue weighted by molar-refractivity contribution is -0.689. The zero-order chi connectivity index (χ0) is 29.6. The minimum Gasteiger partial charge on any atom is -0.201 e. The third kappa shape index (κ3) is 6.96. The number of benzene rings is 2. The van der Waals surface area contributed by atoms with Gasteiger partial charge in [0.1, 0.15) is 0 Å². The number of aromatic nitrogens is 4. The first-order valence-electron chi connectivity index (χ1n) is 14.9. The predicted octanol–water partition coefficient (Wildman–Crippen LogP) is 4.14. The summed E-state index contributed by atoms with van der Waals surface area (Å²) in [5, 5.41) is 0. The molecule has 0 N–H and O–H groups in total. The lowest BCUT2D eigenvalue weighted by Gasteiger charge is -2.02. The van der Waals surface area contributed by atoms with Crippen LogP contribution in [0.15, 0.2) is 147 Å². The zero-order valence-electron chi connectivity index (χ0n) is 24.5. The summed E-state index contributed by atoms with van der Waals surface area (Å²) in [6, 6.07) is 34.3. The molecule has 16 rings (SSSR count). The van der Waals surface area contributed by atoms with Crippen LogP contribution in [0.5, 0.6) is 0 Å². The fourth-order valence-electron chi connectivity index (χ4n) is 5.22. The summed E-state index contributed by atoms with van der Waals surface area (Å²) in [5.74, 6) is 13.2. The molecule has 4 heteroatoms. The molecule has 0 unspecified atom stereocenters. The number of rotatable bonds is 0. The molecule has 0 spiro atoms. The van der Waals surface area contributed by atoms with Crippen LogP contribution in [-0.4, -0.2) is 0 Å². The van der Waals surface area contributed by atoms with Gasteiger partial charge in [-0.2, -0.15) is 0 Å². The van der Waals surface area contributed by atoms with Gasteiger partial charge in [0.2, 0.25) is 0 Å². The molecule has 4 aromatic heterocycles. The van der Waals surface area contributed by atoms with Crippen molar-refractivity contribution in [3.8, 4) is 23.7 Å². The van der Waals surface area contributed by atoms with Crippen molar-refractivity contribution in [1.82, 2.24) is 0 Å². The molecule has 44 heavy (non-hydrogen) atoms. The maximum absolute atomic E-state index is 3.30. The Balaban J connectivity index is 1.15. The van der Waals surface area contributed by atoms with Crippen LogP contribution in [0.25, 0.3) is 0 Å². The van der Waals surface area contributed by atoms with E-state index in [9.17, 15) is 0 Å². The standard InChI is InChI=1S/C40H32N4/c1-2-34-15-23-42(24-16-34)30-38-9-11-40(12-10-38)32-44-27-19-36(20-28-44)4-3-35-17-25-43(26-18-35)31-39-7-5-37(6-8-39)29-41-21-13-33(1)14-22-41/h5-28H,29-32H2/q+4. The summed E-state index contributed by atoms with van der Waals surface area (Å²) in [7, 11) is 0. The molecule has 0 fully saturated rings. The van der Waals surface area contributed by atoms with Crippen molar-refractivity contribution in [2.45, 2.75) is 26.2 Å². The third-order valence-corrected chi connectivity index (χ3v) is 7.77. The highest BCUT2D eigenvalue weighted by molar-refractivity contribution is 5.41. The summed E-state index contributed by atoms with van der Waals surface area (Å²) >= 11 is 0. The molecular weight excluding hydrogens is 536 g/mol. The molecule has 0 saturated heterocycles. The van der Waals surface area contributed by atoms with Crippen molar-refractivity contribution in [2.75, 3.05) is 0 Å². The molecular formula is C40H32N4+4. The molecule has 0 atom stereocenters. The number of pyridine rings is 4. The first-order chi connectivity index (χ1) is 21.7. The highest BCUT2D eigenvalue weighted by Crippen LogP contribution is 2.07. The van der Waals surface area contributed by atoms with E-state index in [0.29, 0.717) is 0 Å². The van der Waals surface area contributed by atoms with Crippen molar-refractivity contribution >= 4 is 0 Å². The summed E-state index contributed by atoms with van der Waals surface area (Å²) < 4.78 is 8.73. The van der Waals surface area contributed by atoms with Crippen LogP contribution in [0.3, 0.4) is 0 Å². The Labute approximate surface area is 258 Å². The average molecular weight is 569 g/mol. The van der Waals surface area contributed by atoms with Gasteiger partial charge in [-0.15, -0.1) is 0 Å². The van der Waals surface area contributed by atoms with Gasteiger partial charge in [-0.05, 0) is 0 Å². The quantitative estimate of drug-likeness (QED) is 0.193. The van der Waals surface area contributed by atoms with Gasteiger partial charge in [0.05, 0.1) is 0 Å². The maximum atomic E-state index is 3.30. The van der Waals surface area contributed by atoms with Crippen molar-refractivity contribution in [1.29, 1.82) is 0 Å². The van der Waals surface area contributed by atoms with Crippen LogP contribution < -0.4 is 18.3 Å². The van der Waals surface area contributed by atoms with E-state index in [1.165, 1.54) is 22.3 Å². The Bertz CT molecular complexity index is 1710. The molecule has 14 heterocycles. The van der Waals surface area contributed by atoms with E-state index in [2.05, 4.69) is 189 Å². The van der Waals surface area contributed by atoms with Crippen LogP contribution in [0.4, 0.5) is 0 Å². The van der Waals surface area contributed by atoms with Gasteiger partial charge >= 0.3 is 0 Å². The summed E-state index contributed by atoms with van der Waals surface area (Å²) in [6.07, 6.45) is 16.8. The Morgan fingerprint density at radius 2 is 0.455 bits per heavy atom. The van der Waals surface area contributed by atoms with Crippen molar-refractivity contribution < 1.29 is 18.3 Å². The van der Waals surface area contributed by atoms with Gasteiger partial charge in [0, 0.05) is 93.0 Å². The molecule has 10 aliphatic rings. The molecule has 0 amide bonds. The zero-order valence-corrected chi connectivity index (χ0v) is 24.5. The second-order valence-corrected chi connectivity index (χ2v) is 11.2. The number of hydrogen-bond acceptors (Lipinski definition) is 0. The SMILES string of the molecule is C1#Cc2cc[n+](cc2)Cc2ccc(cc2)C[n+]2ccc(cc2)C#Cc2cc[n+](cc2)Cc2ccc(cc2)C[n+]2ccc1cc2. The van der Waals surface area contributed by atoms with Crippen LogP contribution in [-0.2, 0) is 26.2 Å². The van der Waals surface area contributed by atoms with Crippen molar-refractivity contribution in [3.63, 3.8) is 0 Å². The average Bonchev–Trinajstić information content (AvgIpc) is 3.07. The third-order valence-electron chi connectivity index (χ3n) is 7.77. The van der Waals surface area contributed by atoms with E-state index in [-0.39, 0.29) is 0 Å². The highest BCUT2D eigenvalue weighted by atomic mass is 14.9. The molecule has 12 bridgehead atoms. The van der Waals surface area contributed by atoms with E-state index < -0.39 is 0 Å². The normalized spacial score (nSPS) is 12.2. The monoisotopic (exact) mass is 568 g/mol. The molecule has 0 aliphatic carbocycles. The largest absolute Gasteiger partial charge is 0.201 e. The molecule has 0 radical (unpaired) electrons. The fraction of sp³-hybridized carbons (Fsp3) is 0.100. The van der Waals surface area contributed by atoms with Crippen LogP contribution in [0.2, 0.25) is 0 Å². The van der Waals surface area contributed by atoms with E-state index in [0.717, 1.165) is 48.4 Å². The first-order valence-corrected chi connectivity index (χ1v) is 14.9. The Morgan fingerprint density at radius 1 is 0.273 bits per heavy atom. The van der Waals surface area contributed by atoms with Gasteiger partial charge in [-0.25, -0.2) is 18.3 Å². The molecule has 4 nitrogen and oxygen atoms in total. The van der Waals surface area contributed by atoms with Gasteiger partial charge in [0.15, 0.2) is 75.8 Å². The van der Waals surface area contributed by atoms with Gasteiger partial charge < -0.3 is 0 Å². The minimum atomic E-state index is 0.817. The summed E-state index contributed by atoms with van der Waals surface area (Å²) in [4.78, 5) is 0. The topological polar surface area (TPSA) is 15.5 Å². The second kappa shape index (κ2) is 12.6. The summed E-state index contributed by atoms with van der Waals surface area (Å²) in [5.41, 5.74) is 9.06. The van der Waals surface area contributed by atoms with E-state index in [1.54, 1.807) is 0 Å². The van der Waals surface area contributed by atoms with E-state index >= 15 is 0 Å². The predicted molar refractivity (Wildman–Crippen MR) is 168 cm³/mol. The second-order valence-electron chi connectivity index (χ2n) is 11.2. The Morgan fingerprint density at radius 3 is 0.636 bits per heavy atom. The lowest BCUT2D eigenvalue weighted by Crippen LogP contribution is -2.34. The fourth-order valence-corrected chi connectivity index (χ4v) is 5.22. The lowest BCUT2D eigenvalue weighted by atomic mass is 10.1. The van der Waals surface area contributed by atoms with Crippen molar-refractivity contribution in [3.05, 3.63) is 191 Å². The van der Waals surface area contributed by atoms with Crippen molar-refractivity contribution in [2.24, 2.45) is 0 Å². The summed E-state index contributed by atoms with van der Waals surface area (Å²) in [6.45, 7) is 3.27. The van der Waals surface area contributed by atoms with E-state index in [1.807, 2.05) is 0 Å². The number of nitrogens with zero attached hydrogens (tertiary/aromatic N) is 4.